The minimum Gasteiger partial charge on any atom is -0.454 e. The molecule has 0 spiro atoms. The largest absolute Gasteiger partial charge is 0.454 e. The van der Waals surface area contributed by atoms with Gasteiger partial charge in [0.25, 0.3) is 0 Å². The van der Waals surface area contributed by atoms with Crippen molar-refractivity contribution in [1.82, 2.24) is 24.1 Å². The molecule has 0 aliphatic heterocycles. The number of fused-ring (bicyclic) bond motifs is 9. The SMILES string of the molecule is c1ccc(-c2nc(-c3ccccc3)nc(-c3c(-n4c5ccccc5c5ccccc54)c(-n4c5ccccc5c5ccccc54)c4oc5ccccc5c4c3-c3ccccc3)n2)cc1. The van der Waals surface area contributed by atoms with Gasteiger partial charge in [-0.15, -0.1) is 0 Å². The topological polar surface area (TPSA) is 61.7 Å². The Morgan fingerprint density at radius 1 is 0.302 bits per heavy atom. The fourth-order valence-electron chi connectivity index (χ4n) is 9.71. The van der Waals surface area contributed by atoms with E-state index in [4.69, 9.17) is 19.4 Å². The number of nitrogens with zero attached hydrogens (tertiary/aromatic N) is 5. The molecule has 0 unspecified atom stereocenters. The maximum Gasteiger partial charge on any atom is 0.166 e. The summed E-state index contributed by atoms with van der Waals surface area (Å²) in [5.41, 5.74) is 12.2. The first-order valence-electron chi connectivity index (χ1n) is 21.2. The number of benzene rings is 9. The summed E-state index contributed by atoms with van der Waals surface area (Å²) in [6.45, 7) is 0. The van der Waals surface area contributed by atoms with Crippen molar-refractivity contribution < 1.29 is 4.42 Å². The van der Waals surface area contributed by atoms with Crippen molar-refractivity contribution >= 4 is 65.6 Å². The van der Waals surface area contributed by atoms with E-state index in [2.05, 4.69) is 179 Å². The van der Waals surface area contributed by atoms with Crippen LogP contribution in [0.25, 0.3) is 122 Å². The van der Waals surface area contributed by atoms with Crippen molar-refractivity contribution in [3.8, 4) is 56.7 Å². The molecule has 4 heterocycles. The van der Waals surface area contributed by atoms with Gasteiger partial charge in [-0.1, -0.05) is 182 Å². The molecule has 0 bridgehead atoms. The van der Waals surface area contributed by atoms with Crippen molar-refractivity contribution in [1.29, 1.82) is 0 Å². The Labute approximate surface area is 361 Å². The lowest BCUT2D eigenvalue weighted by Gasteiger charge is -2.24. The normalized spacial score (nSPS) is 11.8. The third-order valence-electron chi connectivity index (χ3n) is 12.4. The fraction of sp³-hybridized carbons (Fsp3) is 0. The zero-order valence-electron chi connectivity index (χ0n) is 33.9. The molecule has 4 aromatic heterocycles. The van der Waals surface area contributed by atoms with E-state index in [1.165, 1.54) is 0 Å². The van der Waals surface area contributed by atoms with Gasteiger partial charge in [0.2, 0.25) is 0 Å². The summed E-state index contributed by atoms with van der Waals surface area (Å²) in [7, 11) is 0. The van der Waals surface area contributed by atoms with Gasteiger partial charge in [-0.3, -0.25) is 0 Å². The molecular formula is C57H35N5O. The number of rotatable bonds is 6. The maximum absolute atomic E-state index is 7.32. The monoisotopic (exact) mass is 805 g/mol. The van der Waals surface area contributed by atoms with Crippen molar-refractivity contribution in [2.75, 3.05) is 0 Å². The number of aromatic nitrogens is 5. The number of furan rings is 1. The summed E-state index contributed by atoms with van der Waals surface area (Å²) >= 11 is 0. The van der Waals surface area contributed by atoms with E-state index in [9.17, 15) is 0 Å². The Morgan fingerprint density at radius 2 is 0.667 bits per heavy atom. The Bertz CT molecular complexity index is 3740. The first kappa shape index (κ1) is 35.2. The highest BCUT2D eigenvalue weighted by Crippen LogP contribution is 2.52. The van der Waals surface area contributed by atoms with Gasteiger partial charge in [0.1, 0.15) is 11.3 Å². The summed E-state index contributed by atoms with van der Waals surface area (Å²) < 4.78 is 12.1. The van der Waals surface area contributed by atoms with Crippen LogP contribution < -0.4 is 0 Å². The summed E-state index contributed by atoms with van der Waals surface area (Å²) in [5.74, 6) is 1.72. The molecule has 0 amide bonds. The van der Waals surface area contributed by atoms with Crippen LogP contribution in [0, 0.1) is 0 Å². The van der Waals surface area contributed by atoms with Crippen LogP contribution in [0.2, 0.25) is 0 Å². The van der Waals surface area contributed by atoms with Crippen LogP contribution in [0.15, 0.2) is 217 Å². The van der Waals surface area contributed by atoms with Gasteiger partial charge in [-0.25, -0.2) is 15.0 Å². The average Bonchev–Trinajstić information content (AvgIpc) is 4.02. The van der Waals surface area contributed by atoms with Crippen LogP contribution in [-0.2, 0) is 0 Å². The van der Waals surface area contributed by atoms with Gasteiger partial charge in [0, 0.05) is 49.0 Å². The van der Waals surface area contributed by atoms with Crippen LogP contribution in [0.4, 0.5) is 0 Å². The van der Waals surface area contributed by atoms with Gasteiger partial charge >= 0.3 is 0 Å². The van der Waals surface area contributed by atoms with Crippen LogP contribution in [0.3, 0.4) is 0 Å². The minimum atomic E-state index is 0.549. The van der Waals surface area contributed by atoms with Gasteiger partial charge in [0.15, 0.2) is 23.1 Å². The van der Waals surface area contributed by atoms with Gasteiger partial charge in [-0.2, -0.15) is 0 Å². The zero-order chi connectivity index (χ0) is 41.4. The predicted molar refractivity (Wildman–Crippen MR) is 258 cm³/mol. The van der Waals surface area contributed by atoms with Crippen LogP contribution >= 0.6 is 0 Å². The molecule has 0 atom stereocenters. The van der Waals surface area contributed by atoms with E-state index in [1.54, 1.807) is 0 Å². The summed E-state index contributed by atoms with van der Waals surface area (Å²) in [6.07, 6.45) is 0. The zero-order valence-corrected chi connectivity index (χ0v) is 33.9. The highest BCUT2D eigenvalue weighted by Gasteiger charge is 2.33. The van der Waals surface area contributed by atoms with Gasteiger partial charge in [-0.05, 0) is 35.9 Å². The first-order valence-corrected chi connectivity index (χ1v) is 21.2. The van der Waals surface area contributed by atoms with Gasteiger partial charge in [0.05, 0.1) is 33.3 Å². The molecule has 6 nitrogen and oxygen atoms in total. The molecule has 6 heteroatoms. The summed E-state index contributed by atoms with van der Waals surface area (Å²) in [5, 5.41) is 6.57. The first-order chi connectivity index (χ1) is 31.3. The summed E-state index contributed by atoms with van der Waals surface area (Å²) in [6, 6.07) is 74.2. The van der Waals surface area contributed by atoms with E-state index >= 15 is 0 Å². The molecule has 13 aromatic rings. The van der Waals surface area contributed by atoms with Crippen molar-refractivity contribution in [3.05, 3.63) is 212 Å². The molecule has 0 aliphatic carbocycles. The molecular weight excluding hydrogens is 771 g/mol. The van der Waals surface area contributed by atoms with Crippen molar-refractivity contribution in [3.63, 3.8) is 0 Å². The smallest absolute Gasteiger partial charge is 0.166 e. The van der Waals surface area contributed by atoms with Crippen LogP contribution in [0.1, 0.15) is 0 Å². The minimum absolute atomic E-state index is 0.549. The molecule has 63 heavy (non-hydrogen) atoms. The molecule has 0 radical (unpaired) electrons. The lowest BCUT2D eigenvalue weighted by Crippen LogP contribution is -2.10. The Kier molecular flexibility index (Phi) is 7.80. The average molecular weight is 806 g/mol. The molecule has 0 N–H and O–H groups in total. The lowest BCUT2D eigenvalue weighted by atomic mass is 9.90. The van der Waals surface area contributed by atoms with Crippen LogP contribution in [0.5, 0.6) is 0 Å². The van der Waals surface area contributed by atoms with E-state index in [1.807, 2.05) is 42.5 Å². The lowest BCUT2D eigenvalue weighted by molar-refractivity contribution is 0.666. The highest BCUT2D eigenvalue weighted by molar-refractivity contribution is 6.23. The van der Waals surface area contributed by atoms with E-state index in [0.717, 1.165) is 105 Å². The molecule has 0 saturated carbocycles. The second-order valence-corrected chi connectivity index (χ2v) is 15.9. The maximum atomic E-state index is 7.32. The van der Waals surface area contributed by atoms with Gasteiger partial charge < -0.3 is 13.6 Å². The van der Waals surface area contributed by atoms with Crippen molar-refractivity contribution in [2.45, 2.75) is 0 Å². The third-order valence-corrected chi connectivity index (χ3v) is 12.4. The van der Waals surface area contributed by atoms with E-state index in [0.29, 0.717) is 17.5 Å². The Hall–Kier alpha value is -8.61. The summed E-state index contributed by atoms with van der Waals surface area (Å²) in [4.78, 5) is 16.3. The number of hydrogen-bond donors (Lipinski definition) is 0. The molecule has 0 fully saturated rings. The van der Waals surface area contributed by atoms with E-state index < -0.39 is 0 Å². The standard InChI is InChI=1S/C57H35N5O/c1-4-20-36(21-5-1)49-50-43-30-14-19-35-48(43)63-54(50)53(62-46-33-17-12-28-41(46)42-29-13-18-34-47(42)62)52(61-44-31-15-10-26-39(44)40-27-11-16-32-45(40)61)51(49)57-59-55(37-22-6-2-7-23-37)58-56(60-57)38-24-8-3-9-25-38/h1-35H. The predicted octanol–water partition coefficient (Wildman–Crippen LogP) is 14.6. The molecule has 0 saturated heterocycles. The number of hydrogen-bond acceptors (Lipinski definition) is 4. The van der Waals surface area contributed by atoms with E-state index in [-0.39, 0.29) is 0 Å². The number of para-hydroxylation sites is 5. The quantitative estimate of drug-likeness (QED) is 0.168. The second-order valence-electron chi connectivity index (χ2n) is 15.9. The third kappa shape index (κ3) is 5.35. The molecule has 0 aliphatic rings. The Balaban J connectivity index is 1.35. The molecule has 13 rings (SSSR count). The molecule has 9 aromatic carbocycles. The van der Waals surface area contributed by atoms with Crippen LogP contribution in [-0.4, -0.2) is 24.1 Å². The second kappa shape index (κ2) is 14.0. The fourth-order valence-corrected chi connectivity index (χ4v) is 9.71. The highest BCUT2D eigenvalue weighted by atomic mass is 16.3. The molecule has 294 valence electrons. The van der Waals surface area contributed by atoms with Crippen molar-refractivity contribution in [2.24, 2.45) is 0 Å². The Morgan fingerprint density at radius 3 is 1.14 bits per heavy atom.